The predicted molar refractivity (Wildman–Crippen MR) is 109 cm³/mol. The lowest BCUT2D eigenvalue weighted by molar-refractivity contribution is -0.137. The lowest BCUT2D eigenvalue weighted by Gasteiger charge is -2.12. The average Bonchev–Trinajstić information content (AvgIpc) is 2.98. The van der Waals surface area contributed by atoms with Crippen LogP contribution in [0.3, 0.4) is 0 Å². The largest absolute Gasteiger partial charge is 0.465 e. The Balaban J connectivity index is 2.24. The number of hydrogen-bond acceptors (Lipinski definition) is 4. The number of rotatable bonds is 4. The molecular weight excluding hydrogens is 431 g/mol. The molecule has 3 aromatic rings. The van der Waals surface area contributed by atoms with Gasteiger partial charge in [-0.25, -0.2) is 9.78 Å². The molecule has 2 heterocycles. The Morgan fingerprint density at radius 2 is 1.94 bits per heavy atom. The summed E-state index contributed by atoms with van der Waals surface area (Å²) in [5.41, 5.74) is 1.01. The third-order valence-electron chi connectivity index (χ3n) is 5.04. The van der Waals surface area contributed by atoms with Gasteiger partial charge in [0.2, 0.25) is 0 Å². The van der Waals surface area contributed by atoms with E-state index in [9.17, 15) is 18.0 Å². The summed E-state index contributed by atoms with van der Waals surface area (Å²) < 4.78 is 47.2. The molecule has 2 aromatic heterocycles. The Morgan fingerprint density at radius 3 is 2.48 bits per heavy atom. The number of pyridine rings is 1. The minimum absolute atomic E-state index is 0.166. The second-order valence-electron chi connectivity index (χ2n) is 6.86. The van der Waals surface area contributed by atoms with E-state index in [0.717, 1.165) is 17.7 Å². The fraction of sp³-hybridized carbons (Fsp3) is 0.227. The van der Waals surface area contributed by atoms with Crippen LogP contribution in [0.15, 0.2) is 36.5 Å². The number of nitriles is 1. The molecule has 0 bridgehead atoms. The van der Waals surface area contributed by atoms with Crippen molar-refractivity contribution >= 4 is 17.6 Å². The second-order valence-corrected chi connectivity index (χ2v) is 7.24. The molecule has 0 radical (unpaired) electrons. The summed E-state index contributed by atoms with van der Waals surface area (Å²) in [6, 6.07) is 8.36. The maximum atomic E-state index is 13.5. The van der Waals surface area contributed by atoms with Gasteiger partial charge < -0.3 is 9.30 Å². The monoisotopic (exact) mass is 447 g/mol. The van der Waals surface area contributed by atoms with Crippen molar-refractivity contribution in [3.63, 3.8) is 0 Å². The molecule has 5 nitrogen and oxygen atoms in total. The molecule has 160 valence electrons. The highest BCUT2D eigenvalue weighted by atomic mass is 35.5. The van der Waals surface area contributed by atoms with Crippen molar-refractivity contribution in [2.24, 2.45) is 0 Å². The number of aromatic nitrogens is 2. The van der Waals surface area contributed by atoms with Gasteiger partial charge in [0, 0.05) is 29.7 Å². The summed E-state index contributed by atoms with van der Waals surface area (Å²) in [7, 11) is 1.21. The maximum absolute atomic E-state index is 13.5. The van der Waals surface area contributed by atoms with E-state index >= 15 is 0 Å². The number of halogens is 4. The number of carbonyl (C=O) groups is 1. The standard InChI is InChI=1S/C22H17ClF3N3O2/c1-12-19(15-5-6-16(9-27)17(8-15)22(24,25)26)20(21(30)31-3)13(2)29(12)11-14-4-7-18(23)28-10-14/h4-8,10H,11H2,1-3H3. The van der Waals surface area contributed by atoms with Crippen LogP contribution in [-0.2, 0) is 17.5 Å². The van der Waals surface area contributed by atoms with Crippen molar-refractivity contribution in [1.82, 2.24) is 9.55 Å². The summed E-state index contributed by atoms with van der Waals surface area (Å²) in [5.74, 6) is -0.665. The highest BCUT2D eigenvalue weighted by Crippen LogP contribution is 2.38. The van der Waals surface area contributed by atoms with Crippen LogP contribution in [0.25, 0.3) is 11.1 Å². The van der Waals surface area contributed by atoms with Crippen LogP contribution >= 0.6 is 11.6 Å². The lowest BCUT2D eigenvalue weighted by atomic mass is 9.96. The number of nitrogens with zero attached hydrogens (tertiary/aromatic N) is 3. The van der Waals surface area contributed by atoms with Crippen LogP contribution < -0.4 is 0 Å². The molecule has 0 amide bonds. The molecule has 3 rings (SSSR count). The van der Waals surface area contributed by atoms with E-state index in [1.165, 1.54) is 13.2 Å². The molecular formula is C22H17ClF3N3O2. The predicted octanol–water partition coefficient (Wildman–Crippen LogP) is 5.55. The van der Waals surface area contributed by atoms with Crippen molar-refractivity contribution in [3.05, 3.63) is 75.3 Å². The van der Waals surface area contributed by atoms with Gasteiger partial charge in [0.05, 0.1) is 29.9 Å². The number of benzene rings is 1. The Labute approximate surface area is 181 Å². The van der Waals surface area contributed by atoms with Crippen molar-refractivity contribution in [2.45, 2.75) is 26.6 Å². The molecule has 0 aliphatic rings. The molecule has 0 aliphatic heterocycles. The molecule has 31 heavy (non-hydrogen) atoms. The van der Waals surface area contributed by atoms with Gasteiger partial charge in [-0.3, -0.25) is 0 Å². The van der Waals surface area contributed by atoms with Crippen LogP contribution in [0.1, 0.15) is 38.4 Å². The van der Waals surface area contributed by atoms with Crippen LogP contribution in [-0.4, -0.2) is 22.6 Å². The number of ether oxygens (including phenoxy) is 1. The SMILES string of the molecule is COC(=O)c1c(-c2ccc(C#N)c(C(F)(F)F)c2)c(C)n(Cc2ccc(Cl)nc2)c1C. The fourth-order valence-corrected chi connectivity index (χ4v) is 3.65. The van der Waals surface area contributed by atoms with Gasteiger partial charge in [-0.05, 0) is 43.2 Å². The highest BCUT2D eigenvalue weighted by Gasteiger charge is 2.35. The number of alkyl halides is 3. The molecule has 0 saturated carbocycles. The van der Waals surface area contributed by atoms with E-state index in [4.69, 9.17) is 21.6 Å². The summed E-state index contributed by atoms with van der Waals surface area (Å²) >= 11 is 5.83. The summed E-state index contributed by atoms with van der Waals surface area (Å²) in [6.07, 6.45) is -3.13. The molecule has 0 spiro atoms. The first-order chi connectivity index (χ1) is 14.6. The van der Waals surface area contributed by atoms with Gasteiger partial charge in [-0.1, -0.05) is 23.7 Å². The summed E-state index contributed by atoms with van der Waals surface area (Å²) in [4.78, 5) is 16.6. The third-order valence-corrected chi connectivity index (χ3v) is 5.26. The van der Waals surface area contributed by atoms with Gasteiger partial charge in [0.25, 0.3) is 0 Å². The van der Waals surface area contributed by atoms with Gasteiger partial charge in [-0.2, -0.15) is 18.4 Å². The third kappa shape index (κ3) is 4.28. The maximum Gasteiger partial charge on any atom is 0.417 e. The quantitative estimate of drug-likeness (QED) is 0.388. The van der Waals surface area contributed by atoms with Crippen LogP contribution in [0.5, 0.6) is 0 Å². The molecule has 0 fully saturated rings. The topological polar surface area (TPSA) is 67.9 Å². The zero-order valence-corrected chi connectivity index (χ0v) is 17.6. The first-order valence-corrected chi connectivity index (χ1v) is 9.46. The van der Waals surface area contributed by atoms with E-state index in [2.05, 4.69) is 4.98 Å². The Kier molecular flexibility index (Phi) is 6.09. The van der Waals surface area contributed by atoms with Crippen molar-refractivity contribution in [3.8, 4) is 17.2 Å². The smallest absolute Gasteiger partial charge is 0.417 e. The normalized spacial score (nSPS) is 11.3. The molecule has 0 aliphatic carbocycles. The first kappa shape index (κ1) is 22.4. The number of methoxy groups -OCH3 is 1. The number of carbonyl (C=O) groups excluding carboxylic acids is 1. The van der Waals surface area contributed by atoms with E-state index < -0.39 is 23.3 Å². The van der Waals surface area contributed by atoms with Crippen molar-refractivity contribution < 1.29 is 22.7 Å². The fourth-order valence-electron chi connectivity index (χ4n) is 3.54. The summed E-state index contributed by atoms with van der Waals surface area (Å²) in [6.45, 7) is 3.73. The zero-order valence-electron chi connectivity index (χ0n) is 16.8. The van der Waals surface area contributed by atoms with Gasteiger partial charge >= 0.3 is 12.1 Å². The van der Waals surface area contributed by atoms with Crippen LogP contribution in [0, 0.1) is 25.2 Å². The highest BCUT2D eigenvalue weighted by molar-refractivity contribution is 6.29. The summed E-state index contributed by atoms with van der Waals surface area (Å²) in [5, 5.41) is 9.40. The minimum Gasteiger partial charge on any atom is -0.465 e. The van der Waals surface area contributed by atoms with E-state index in [-0.39, 0.29) is 11.1 Å². The molecule has 0 saturated heterocycles. The van der Waals surface area contributed by atoms with Gasteiger partial charge in [0.1, 0.15) is 5.15 Å². The lowest BCUT2D eigenvalue weighted by Crippen LogP contribution is -2.09. The van der Waals surface area contributed by atoms with Crippen LogP contribution in [0.2, 0.25) is 5.15 Å². The van der Waals surface area contributed by atoms with Gasteiger partial charge in [0.15, 0.2) is 0 Å². The number of hydrogen-bond donors (Lipinski definition) is 0. The first-order valence-electron chi connectivity index (χ1n) is 9.08. The molecule has 9 heteroatoms. The second kappa shape index (κ2) is 8.44. The molecule has 0 atom stereocenters. The Hall–Kier alpha value is -3.31. The zero-order chi connectivity index (χ0) is 22.9. The van der Waals surface area contributed by atoms with Crippen molar-refractivity contribution in [2.75, 3.05) is 7.11 Å². The van der Waals surface area contributed by atoms with Gasteiger partial charge in [-0.15, -0.1) is 0 Å². The van der Waals surface area contributed by atoms with E-state index in [1.807, 2.05) is 0 Å². The minimum atomic E-state index is -4.72. The molecule has 1 aromatic carbocycles. The molecule has 0 N–H and O–H groups in total. The average molecular weight is 448 g/mol. The van der Waals surface area contributed by atoms with E-state index in [1.54, 1.807) is 42.8 Å². The molecule has 0 unspecified atom stereocenters. The Bertz CT molecular complexity index is 1190. The van der Waals surface area contributed by atoms with Crippen molar-refractivity contribution in [1.29, 1.82) is 5.26 Å². The van der Waals surface area contributed by atoms with Crippen LogP contribution in [0.4, 0.5) is 13.2 Å². The van der Waals surface area contributed by atoms with E-state index in [0.29, 0.717) is 28.6 Å². The number of esters is 1. The Morgan fingerprint density at radius 1 is 1.23 bits per heavy atom.